The van der Waals surface area contributed by atoms with Gasteiger partial charge in [-0.15, -0.1) is 0 Å². The van der Waals surface area contributed by atoms with E-state index in [4.69, 9.17) is 23.5 Å². The molecule has 1 aliphatic rings. The van der Waals surface area contributed by atoms with Crippen molar-refractivity contribution in [1.29, 1.82) is 0 Å². The summed E-state index contributed by atoms with van der Waals surface area (Å²) < 4.78 is 71.7. The van der Waals surface area contributed by atoms with E-state index in [0.29, 0.717) is 32.1 Å². The zero-order valence-corrected chi connectivity index (χ0v) is 44.3. The Labute approximate surface area is 419 Å². The minimum Gasteiger partial charge on any atom is -0.481 e. The molecular formula is C52H96F2NO14P. The van der Waals surface area contributed by atoms with Gasteiger partial charge in [0.25, 0.3) is 5.91 Å². The average Bonchev–Trinajstić information content (AvgIpc) is 3.30. The van der Waals surface area contributed by atoms with Crippen LogP contribution in [-0.2, 0) is 47.2 Å². The zero-order valence-electron chi connectivity index (χ0n) is 43.4. The first kappa shape index (κ1) is 65.7. The predicted octanol–water partition coefficient (Wildman–Crippen LogP) is 12.3. The molecule has 0 aromatic carbocycles. The first-order valence-corrected chi connectivity index (χ1v) is 29.0. The molecule has 0 radical (unpaired) electrons. The highest BCUT2D eigenvalue weighted by molar-refractivity contribution is 7.46. The van der Waals surface area contributed by atoms with Crippen molar-refractivity contribution < 1.29 is 76.0 Å². The molecule has 0 bridgehead atoms. The van der Waals surface area contributed by atoms with E-state index in [1.165, 1.54) is 64.2 Å². The summed E-state index contributed by atoms with van der Waals surface area (Å²) >= 11 is 0. The number of hydrogen-bond acceptors (Lipinski definition) is 11. The molecule has 0 aliphatic carbocycles. The highest BCUT2D eigenvalue weighted by Gasteiger charge is 2.54. The van der Waals surface area contributed by atoms with Gasteiger partial charge in [-0.25, -0.2) is 4.57 Å². The van der Waals surface area contributed by atoms with Crippen LogP contribution in [0.25, 0.3) is 0 Å². The highest BCUT2D eigenvalue weighted by Crippen LogP contribution is 2.42. The topological polar surface area (TPSA) is 224 Å². The van der Waals surface area contributed by atoms with Gasteiger partial charge in [0.05, 0.1) is 19.6 Å². The third-order valence-corrected chi connectivity index (χ3v) is 13.5. The van der Waals surface area contributed by atoms with Gasteiger partial charge in [-0.2, -0.15) is 8.78 Å². The fourth-order valence-corrected chi connectivity index (χ4v) is 9.42. The Bertz CT molecular complexity index is 1410. The average molecular weight is 1030 g/mol. The molecule has 1 amide bonds. The molecule has 70 heavy (non-hydrogen) atoms. The first-order chi connectivity index (χ1) is 33.6. The highest BCUT2D eigenvalue weighted by atomic mass is 31.2. The van der Waals surface area contributed by atoms with Gasteiger partial charge in [0.2, 0.25) is 0 Å². The summed E-state index contributed by atoms with van der Waals surface area (Å²) in [6, 6.07) is -1.89. The summed E-state index contributed by atoms with van der Waals surface area (Å²) in [7, 11) is -5.48. The number of carboxylic acid groups (broad SMARTS) is 1. The molecule has 0 saturated carbocycles. The van der Waals surface area contributed by atoms with E-state index in [-0.39, 0.29) is 32.3 Å². The van der Waals surface area contributed by atoms with E-state index in [2.05, 4.69) is 26.1 Å². The Morgan fingerprint density at radius 2 is 1.09 bits per heavy atom. The molecule has 5 N–H and O–H groups in total. The van der Waals surface area contributed by atoms with Crippen LogP contribution < -0.4 is 5.32 Å². The Balaban J connectivity index is 3.25. The molecule has 0 aromatic heterocycles. The lowest BCUT2D eigenvalue weighted by Gasteiger charge is -2.45. The molecule has 15 nitrogen and oxygen atoms in total. The van der Waals surface area contributed by atoms with Gasteiger partial charge in [0.15, 0.2) is 12.4 Å². The molecule has 412 valence electrons. The summed E-state index contributed by atoms with van der Waals surface area (Å²) in [5, 5.41) is 21.6. The van der Waals surface area contributed by atoms with E-state index in [9.17, 15) is 43.7 Å². The largest absolute Gasteiger partial charge is 0.481 e. The number of esters is 2. The molecule has 0 unspecified atom stereocenters. The van der Waals surface area contributed by atoms with Crippen LogP contribution in [0.2, 0.25) is 0 Å². The first-order valence-electron chi connectivity index (χ1n) is 27.5. The van der Waals surface area contributed by atoms with Crippen molar-refractivity contribution in [2.24, 2.45) is 0 Å². The van der Waals surface area contributed by atoms with Crippen LogP contribution >= 0.6 is 7.82 Å². The lowest BCUT2D eigenvalue weighted by atomic mass is 9.95. The van der Waals surface area contributed by atoms with Crippen LogP contribution in [0.15, 0.2) is 0 Å². The standard InChI is InChI=1S/C52H96F2NO14P/c1-4-7-10-13-16-19-21-23-26-29-32-37-45(59)66-42(35-31-28-25-22-18-15-12-9-6-3)40-46(60)68-49-47(55-51(61)52(53,54)38-33-30-27-24-20-17-14-11-8-5-2)50(65-39-34-36-44(57)58)67-43(41-56)48(49)69-70(62,63)64/h42-43,47-50,56H,4-41H2,1-3H3,(H,55,61)(H,57,58)(H2,62,63,64)/t42-,43-,47-,48-,49-,50+/m1/s1. The van der Waals surface area contributed by atoms with Gasteiger partial charge in [-0.3, -0.25) is 23.7 Å². The molecular weight excluding hydrogens is 932 g/mol. The number of phosphoric ester groups is 1. The number of hydrogen-bond donors (Lipinski definition) is 5. The van der Waals surface area contributed by atoms with Crippen LogP contribution in [-0.4, -0.2) is 99.7 Å². The monoisotopic (exact) mass is 1030 g/mol. The minimum absolute atomic E-state index is 0.0276. The number of phosphoric acid groups is 1. The molecule has 1 saturated heterocycles. The van der Waals surface area contributed by atoms with Gasteiger partial charge in [0.1, 0.15) is 24.4 Å². The third-order valence-electron chi connectivity index (χ3n) is 13.0. The van der Waals surface area contributed by atoms with Crippen molar-refractivity contribution in [3.8, 4) is 0 Å². The van der Waals surface area contributed by atoms with Crippen molar-refractivity contribution in [3.63, 3.8) is 0 Å². The molecule has 1 fully saturated rings. The Hall–Kier alpha value is -2.27. The summed E-state index contributed by atoms with van der Waals surface area (Å²) in [4.78, 5) is 71.8. The lowest BCUT2D eigenvalue weighted by Crippen LogP contribution is -2.67. The lowest BCUT2D eigenvalue weighted by molar-refractivity contribution is -0.272. The van der Waals surface area contributed by atoms with Gasteiger partial charge in [-0.05, 0) is 32.1 Å². The summed E-state index contributed by atoms with van der Waals surface area (Å²) in [6.45, 7) is 5.17. The normalized spacial score (nSPS) is 18.9. The van der Waals surface area contributed by atoms with Crippen LogP contribution in [0, 0.1) is 0 Å². The SMILES string of the molecule is CCCCCCCCCCCCCC(=O)O[C@H](CCCCCCCCCCC)CC(=O)O[C@@H]1[C@@H](NC(=O)C(F)(F)CCCCCCCCCCCC)[C@@H](OCCCC(=O)O)O[C@H](CO)[C@H]1OP(=O)(O)O. The van der Waals surface area contributed by atoms with Crippen LogP contribution in [0.1, 0.15) is 252 Å². The molecule has 0 spiro atoms. The fourth-order valence-electron chi connectivity index (χ4n) is 8.85. The van der Waals surface area contributed by atoms with E-state index < -0.39 is 93.8 Å². The number of carbonyl (C=O) groups is 4. The second-order valence-electron chi connectivity index (χ2n) is 19.5. The van der Waals surface area contributed by atoms with Crippen molar-refractivity contribution in [2.45, 2.75) is 295 Å². The molecule has 18 heteroatoms. The maximum atomic E-state index is 15.6. The number of rotatable bonds is 47. The second-order valence-corrected chi connectivity index (χ2v) is 20.7. The van der Waals surface area contributed by atoms with Crippen molar-refractivity contribution in [2.75, 3.05) is 13.2 Å². The number of carboxylic acids is 1. The van der Waals surface area contributed by atoms with E-state index in [0.717, 1.165) is 96.3 Å². The van der Waals surface area contributed by atoms with Crippen LogP contribution in [0.3, 0.4) is 0 Å². The number of aliphatic hydroxyl groups is 1. The van der Waals surface area contributed by atoms with Crippen LogP contribution in [0.5, 0.6) is 0 Å². The van der Waals surface area contributed by atoms with Gasteiger partial charge in [0, 0.05) is 19.3 Å². The number of nitrogens with one attached hydrogen (secondary N) is 1. The molecule has 1 heterocycles. The van der Waals surface area contributed by atoms with E-state index >= 15 is 8.78 Å². The number of aliphatic carboxylic acids is 1. The Kier molecular flexibility index (Phi) is 38.6. The number of ether oxygens (including phenoxy) is 4. The molecule has 1 rings (SSSR count). The quantitative estimate of drug-likeness (QED) is 0.0217. The van der Waals surface area contributed by atoms with Gasteiger partial charge in [-0.1, -0.05) is 194 Å². The molecule has 6 atom stereocenters. The maximum absolute atomic E-state index is 15.6. The molecule has 1 aliphatic heterocycles. The number of carbonyl (C=O) groups excluding carboxylic acids is 3. The van der Waals surface area contributed by atoms with Crippen molar-refractivity contribution in [3.05, 3.63) is 0 Å². The number of aliphatic hydroxyl groups excluding tert-OH is 1. The van der Waals surface area contributed by atoms with Crippen LogP contribution in [0.4, 0.5) is 8.78 Å². The fraction of sp³-hybridized carbons (Fsp3) is 0.923. The number of alkyl halides is 2. The van der Waals surface area contributed by atoms with Crippen molar-refractivity contribution in [1.82, 2.24) is 5.32 Å². The summed E-state index contributed by atoms with van der Waals surface area (Å²) in [5.74, 6) is -8.46. The van der Waals surface area contributed by atoms with Crippen molar-refractivity contribution >= 4 is 31.6 Å². The van der Waals surface area contributed by atoms with Gasteiger partial charge < -0.3 is 44.3 Å². The Morgan fingerprint density at radius 1 is 0.629 bits per heavy atom. The number of unbranched alkanes of at least 4 members (excludes halogenated alkanes) is 27. The summed E-state index contributed by atoms with van der Waals surface area (Å²) in [6.07, 6.45) is 20.3. The summed E-state index contributed by atoms with van der Waals surface area (Å²) in [5.41, 5.74) is 0. The number of halogens is 2. The van der Waals surface area contributed by atoms with E-state index in [1.807, 2.05) is 0 Å². The van der Waals surface area contributed by atoms with E-state index in [1.54, 1.807) is 0 Å². The smallest absolute Gasteiger partial charge is 0.470 e. The Morgan fingerprint density at radius 3 is 1.54 bits per heavy atom. The second kappa shape index (κ2) is 41.1. The minimum atomic E-state index is -5.48. The third kappa shape index (κ3) is 33.5. The predicted molar refractivity (Wildman–Crippen MR) is 266 cm³/mol. The zero-order chi connectivity index (χ0) is 51.9. The van der Waals surface area contributed by atoms with Gasteiger partial charge >= 0.3 is 31.7 Å². The maximum Gasteiger partial charge on any atom is 0.470 e. The molecule has 0 aromatic rings. The number of amides is 1.